The Balaban J connectivity index is 1.51. The van der Waals surface area contributed by atoms with Crippen molar-refractivity contribution < 1.29 is 9.18 Å². The summed E-state index contributed by atoms with van der Waals surface area (Å²) in [7, 11) is 0. The summed E-state index contributed by atoms with van der Waals surface area (Å²) in [5, 5.41) is 3.04. The van der Waals surface area contributed by atoms with Gasteiger partial charge in [0.25, 0.3) is 0 Å². The third-order valence-electron chi connectivity index (χ3n) is 3.80. The van der Waals surface area contributed by atoms with Gasteiger partial charge in [0.15, 0.2) is 0 Å². The lowest BCUT2D eigenvalue weighted by atomic mass is 10.1. The van der Waals surface area contributed by atoms with Crippen LogP contribution in [-0.2, 0) is 11.2 Å². The van der Waals surface area contributed by atoms with Gasteiger partial charge in [-0.2, -0.15) is 0 Å². The van der Waals surface area contributed by atoms with Crippen LogP contribution in [-0.4, -0.2) is 30.0 Å². The average molecular weight is 299 g/mol. The quantitative estimate of drug-likeness (QED) is 0.941. The molecule has 1 aromatic carbocycles. The summed E-state index contributed by atoms with van der Waals surface area (Å²) in [6.07, 6.45) is 2.96. The van der Waals surface area contributed by atoms with Gasteiger partial charge in [0.2, 0.25) is 5.91 Å². The Bertz CT molecular complexity index is 630. The van der Waals surface area contributed by atoms with Gasteiger partial charge in [-0.3, -0.25) is 4.79 Å². The molecule has 2 heterocycles. The first-order valence-electron chi connectivity index (χ1n) is 7.40. The summed E-state index contributed by atoms with van der Waals surface area (Å²) in [5.74, 6) is 0.628. The van der Waals surface area contributed by atoms with Gasteiger partial charge >= 0.3 is 0 Å². The van der Waals surface area contributed by atoms with Crippen LogP contribution in [0, 0.1) is 5.82 Å². The van der Waals surface area contributed by atoms with Crippen molar-refractivity contribution in [1.82, 2.24) is 10.3 Å². The summed E-state index contributed by atoms with van der Waals surface area (Å²) < 4.78 is 12.8. The van der Waals surface area contributed by atoms with Crippen molar-refractivity contribution in [3.63, 3.8) is 0 Å². The first-order chi connectivity index (χ1) is 10.7. The molecule has 1 aliphatic heterocycles. The van der Waals surface area contributed by atoms with Crippen molar-refractivity contribution in [2.45, 2.75) is 18.9 Å². The molecule has 1 aliphatic rings. The lowest BCUT2D eigenvalue weighted by molar-refractivity contribution is -0.121. The minimum atomic E-state index is -0.286. The highest BCUT2D eigenvalue weighted by atomic mass is 19.1. The molecule has 1 saturated heterocycles. The molecule has 22 heavy (non-hydrogen) atoms. The van der Waals surface area contributed by atoms with Gasteiger partial charge in [-0.05, 0) is 36.2 Å². The number of amides is 1. The molecule has 1 N–H and O–H groups in total. The SMILES string of the molecule is O=C(Cc1ccc(F)cc1)NC1CCN(c2ccccn2)C1. The fourth-order valence-electron chi connectivity index (χ4n) is 2.69. The van der Waals surface area contributed by atoms with Gasteiger partial charge in [0, 0.05) is 25.3 Å². The molecule has 0 spiro atoms. The number of benzene rings is 1. The fourth-order valence-corrected chi connectivity index (χ4v) is 2.69. The maximum atomic E-state index is 12.8. The number of hydrogen-bond donors (Lipinski definition) is 1. The van der Waals surface area contributed by atoms with E-state index in [0.717, 1.165) is 30.9 Å². The molecule has 1 amide bonds. The molecule has 0 saturated carbocycles. The Morgan fingerprint density at radius 2 is 2.09 bits per heavy atom. The van der Waals surface area contributed by atoms with E-state index in [1.54, 1.807) is 18.3 Å². The van der Waals surface area contributed by atoms with Crippen molar-refractivity contribution in [3.8, 4) is 0 Å². The number of halogens is 1. The third-order valence-corrected chi connectivity index (χ3v) is 3.80. The van der Waals surface area contributed by atoms with Crippen LogP contribution in [0.25, 0.3) is 0 Å². The van der Waals surface area contributed by atoms with E-state index in [-0.39, 0.29) is 24.2 Å². The summed E-state index contributed by atoms with van der Waals surface area (Å²) in [5.41, 5.74) is 0.818. The molecule has 114 valence electrons. The number of carbonyl (C=O) groups is 1. The standard InChI is InChI=1S/C17H18FN3O/c18-14-6-4-13(5-7-14)11-17(22)20-15-8-10-21(12-15)16-3-1-2-9-19-16/h1-7,9,15H,8,10-12H2,(H,20,22). The van der Waals surface area contributed by atoms with Gasteiger partial charge < -0.3 is 10.2 Å². The molecule has 0 bridgehead atoms. The maximum Gasteiger partial charge on any atom is 0.224 e. The van der Waals surface area contributed by atoms with Crippen LogP contribution in [0.3, 0.4) is 0 Å². The van der Waals surface area contributed by atoms with Crippen molar-refractivity contribution in [2.75, 3.05) is 18.0 Å². The molecule has 4 nitrogen and oxygen atoms in total. The molecule has 0 aliphatic carbocycles. The molecule has 0 radical (unpaired) electrons. The molecule has 3 rings (SSSR count). The second-order valence-corrected chi connectivity index (χ2v) is 5.49. The van der Waals surface area contributed by atoms with E-state index >= 15 is 0 Å². The minimum absolute atomic E-state index is 0.0283. The van der Waals surface area contributed by atoms with E-state index in [1.807, 2.05) is 18.2 Å². The zero-order valence-electron chi connectivity index (χ0n) is 12.2. The van der Waals surface area contributed by atoms with Gasteiger partial charge in [0.05, 0.1) is 6.42 Å². The van der Waals surface area contributed by atoms with E-state index in [0.29, 0.717) is 0 Å². The number of pyridine rings is 1. The molecule has 1 aromatic heterocycles. The van der Waals surface area contributed by atoms with Crippen LogP contribution in [0.1, 0.15) is 12.0 Å². The number of aromatic nitrogens is 1. The first kappa shape index (κ1) is 14.5. The van der Waals surface area contributed by atoms with Crippen LogP contribution in [0.5, 0.6) is 0 Å². The zero-order chi connectivity index (χ0) is 15.4. The molecular weight excluding hydrogens is 281 g/mol. The van der Waals surface area contributed by atoms with Crippen LogP contribution >= 0.6 is 0 Å². The summed E-state index contributed by atoms with van der Waals surface area (Å²) >= 11 is 0. The summed E-state index contributed by atoms with van der Waals surface area (Å²) in [4.78, 5) is 18.6. The summed E-state index contributed by atoms with van der Waals surface area (Å²) in [6, 6.07) is 12.0. The molecule has 1 atom stereocenters. The monoisotopic (exact) mass is 299 g/mol. The highest BCUT2D eigenvalue weighted by Gasteiger charge is 2.24. The Morgan fingerprint density at radius 1 is 1.27 bits per heavy atom. The number of nitrogens with zero attached hydrogens (tertiary/aromatic N) is 2. The maximum absolute atomic E-state index is 12.8. The van der Waals surface area contributed by atoms with E-state index in [4.69, 9.17) is 0 Å². The Labute approximate surface area is 129 Å². The number of anilines is 1. The Hall–Kier alpha value is -2.43. The van der Waals surface area contributed by atoms with Gasteiger partial charge in [-0.25, -0.2) is 9.37 Å². The van der Waals surface area contributed by atoms with Crippen molar-refractivity contribution >= 4 is 11.7 Å². The van der Waals surface area contributed by atoms with Crippen LogP contribution in [0.4, 0.5) is 10.2 Å². The topological polar surface area (TPSA) is 45.2 Å². The van der Waals surface area contributed by atoms with Crippen molar-refractivity contribution in [1.29, 1.82) is 0 Å². The molecular formula is C17H18FN3O. The minimum Gasteiger partial charge on any atom is -0.354 e. The normalized spacial score (nSPS) is 17.5. The van der Waals surface area contributed by atoms with Gasteiger partial charge in [0.1, 0.15) is 11.6 Å². The highest BCUT2D eigenvalue weighted by molar-refractivity contribution is 5.79. The Morgan fingerprint density at radius 3 is 2.82 bits per heavy atom. The number of rotatable bonds is 4. The predicted octanol–water partition coefficient (Wildman–Crippen LogP) is 2.16. The molecule has 2 aromatic rings. The van der Waals surface area contributed by atoms with E-state index in [9.17, 15) is 9.18 Å². The van der Waals surface area contributed by atoms with Crippen LogP contribution < -0.4 is 10.2 Å². The lowest BCUT2D eigenvalue weighted by Gasteiger charge is -2.17. The predicted molar refractivity (Wildman–Crippen MR) is 83.1 cm³/mol. The number of hydrogen-bond acceptors (Lipinski definition) is 3. The molecule has 1 unspecified atom stereocenters. The fraction of sp³-hybridized carbons (Fsp3) is 0.294. The van der Waals surface area contributed by atoms with Crippen molar-refractivity contribution in [2.24, 2.45) is 0 Å². The number of nitrogens with one attached hydrogen (secondary N) is 1. The van der Waals surface area contributed by atoms with E-state index < -0.39 is 0 Å². The highest BCUT2D eigenvalue weighted by Crippen LogP contribution is 2.17. The third kappa shape index (κ3) is 3.61. The van der Waals surface area contributed by atoms with Crippen LogP contribution in [0.15, 0.2) is 48.7 Å². The van der Waals surface area contributed by atoms with E-state index in [2.05, 4.69) is 15.2 Å². The number of carbonyl (C=O) groups excluding carboxylic acids is 1. The van der Waals surface area contributed by atoms with Gasteiger partial charge in [-0.1, -0.05) is 18.2 Å². The summed E-state index contributed by atoms with van der Waals surface area (Å²) in [6.45, 7) is 1.66. The zero-order valence-corrected chi connectivity index (χ0v) is 12.2. The average Bonchev–Trinajstić information content (AvgIpc) is 2.99. The Kier molecular flexibility index (Phi) is 4.32. The lowest BCUT2D eigenvalue weighted by Crippen LogP contribution is -2.38. The smallest absolute Gasteiger partial charge is 0.224 e. The molecule has 1 fully saturated rings. The second kappa shape index (κ2) is 6.56. The van der Waals surface area contributed by atoms with E-state index in [1.165, 1.54) is 12.1 Å². The largest absolute Gasteiger partial charge is 0.354 e. The second-order valence-electron chi connectivity index (χ2n) is 5.49. The van der Waals surface area contributed by atoms with Gasteiger partial charge in [-0.15, -0.1) is 0 Å². The molecule has 5 heteroatoms. The van der Waals surface area contributed by atoms with Crippen LogP contribution in [0.2, 0.25) is 0 Å². The first-order valence-corrected chi connectivity index (χ1v) is 7.40. The van der Waals surface area contributed by atoms with Crippen molar-refractivity contribution in [3.05, 3.63) is 60.0 Å².